The van der Waals surface area contributed by atoms with Gasteiger partial charge in [-0.1, -0.05) is 38.5 Å². The van der Waals surface area contributed by atoms with E-state index in [1.165, 1.54) is 0 Å². The highest BCUT2D eigenvalue weighted by Gasteiger charge is 2.34. The third-order valence-corrected chi connectivity index (χ3v) is 3.66. The summed E-state index contributed by atoms with van der Waals surface area (Å²) in [5.74, 6) is -3.78. The van der Waals surface area contributed by atoms with Crippen molar-refractivity contribution in [3.8, 4) is 0 Å². The van der Waals surface area contributed by atoms with Crippen molar-refractivity contribution in [1.82, 2.24) is 0 Å². The Morgan fingerprint density at radius 3 is 2.25 bits per heavy atom. The van der Waals surface area contributed by atoms with Crippen LogP contribution in [0.3, 0.4) is 0 Å². The van der Waals surface area contributed by atoms with Gasteiger partial charge in [0.15, 0.2) is 0 Å². The summed E-state index contributed by atoms with van der Waals surface area (Å²) in [6.07, 6.45) is -2.38. The van der Waals surface area contributed by atoms with Gasteiger partial charge in [0.1, 0.15) is 0 Å². The maximum Gasteiger partial charge on any atom is 0.228 e. The number of rotatable bonds is 12. The highest BCUT2D eigenvalue weighted by Crippen LogP contribution is 2.28. The smallest absolute Gasteiger partial charge is 0.228 e. The summed E-state index contributed by atoms with van der Waals surface area (Å²) in [6, 6.07) is 0. The van der Waals surface area contributed by atoms with E-state index in [1.807, 2.05) is 0 Å². The number of hydrogen-bond donors (Lipinski definition) is 1. The fourth-order valence-electron chi connectivity index (χ4n) is 2.41. The first kappa shape index (κ1) is 9.76. The van der Waals surface area contributed by atoms with Crippen LogP contribution in [0.15, 0.2) is 22.7 Å². The molecule has 1 aliphatic carbocycles. The first-order valence-electron chi connectivity index (χ1n) is 12.8. The Hall–Kier alpha value is -1.62. The molecule has 24 heavy (non-hydrogen) atoms. The Morgan fingerprint density at radius 2 is 1.62 bits per heavy atom. The molecule has 1 aliphatic rings. The van der Waals surface area contributed by atoms with Crippen molar-refractivity contribution < 1.29 is 37.9 Å². The molecule has 0 unspecified atom stereocenters. The molecule has 0 saturated heterocycles. The number of hydrogen-bond acceptors (Lipinski definition) is 5. The molecule has 5 nitrogen and oxygen atoms in total. The van der Waals surface area contributed by atoms with Crippen LogP contribution < -0.4 is 0 Å². The molecule has 136 valence electrons. The first-order chi connectivity index (χ1) is 15.4. The molecule has 0 radical (unpaired) electrons. The SMILES string of the molecule is [2H]C([2H])([2H])OC1=C(OC)C(=O)C(CCCCCCCC([2H])([2H])C([2H])([2H])CO)=C(C([2H])([2H])[2H])C1=O. The number of carbonyl (C=O) groups is 2. The molecule has 5 heteroatoms. The Morgan fingerprint density at radius 1 is 0.958 bits per heavy atom. The first-order valence-corrected chi connectivity index (χ1v) is 7.81. The van der Waals surface area contributed by atoms with Gasteiger partial charge in [0, 0.05) is 27.3 Å². The average Bonchev–Trinajstić information content (AvgIpc) is 2.68. The van der Waals surface area contributed by atoms with E-state index in [1.54, 1.807) is 0 Å². The molecule has 0 aromatic heterocycles. The molecule has 0 aromatic rings. The Balaban J connectivity index is 2.85. The number of ketones is 2. The summed E-state index contributed by atoms with van der Waals surface area (Å²) in [6.45, 7) is -3.91. The monoisotopic (exact) mass is 348 g/mol. The summed E-state index contributed by atoms with van der Waals surface area (Å²) in [5.41, 5.74) is -1.08. The normalized spacial score (nSPS) is 23.8. The van der Waals surface area contributed by atoms with Gasteiger partial charge >= 0.3 is 0 Å². The molecule has 1 N–H and O–H groups in total. The zero-order valence-corrected chi connectivity index (χ0v) is 13.7. The summed E-state index contributed by atoms with van der Waals surface area (Å²) < 4.78 is 84.6. The highest BCUT2D eigenvalue weighted by atomic mass is 16.5. The second-order valence-corrected chi connectivity index (χ2v) is 5.26. The topological polar surface area (TPSA) is 72.8 Å². The van der Waals surface area contributed by atoms with E-state index < -0.39 is 61.9 Å². The van der Waals surface area contributed by atoms with Gasteiger partial charge in [0.2, 0.25) is 23.1 Å². The molecule has 0 fully saturated rings. The highest BCUT2D eigenvalue weighted by molar-refractivity contribution is 6.23. The van der Waals surface area contributed by atoms with Crippen LogP contribution in [0, 0.1) is 0 Å². The fourth-order valence-corrected chi connectivity index (χ4v) is 2.41. The second-order valence-electron chi connectivity index (χ2n) is 5.26. The van der Waals surface area contributed by atoms with Crippen LogP contribution in [0.1, 0.15) is 78.3 Å². The lowest BCUT2D eigenvalue weighted by Gasteiger charge is -2.20. The van der Waals surface area contributed by atoms with Gasteiger partial charge < -0.3 is 14.6 Å². The van der Waals surface area contributed by atoms with Crippen molar-refractivity contribution in [2.45, 2.75) is 64.5 Å². The van der Waals surface area contributed by atoms with Gasteiger partial charge in [-0.25, -0.2) is 0 Å². The van der Waals surface area contributed by atoms with E-state index in [-0.39, 0.29) is 18.4 Å². The summed E-state index contributed by atoms with van der Waals surface area (Å²) >= 11 is 0. The molecule has 1 rings (SSSR count). The van der Waals surface area contributed by atoms with E-state index in [4.69, 9.17) is 23.6 Å². The maximum atomic E-state index is 12.9. The Kier molecular flexibility index (Phi) is 4.48. The average molecular weight is 349 g/mol. The third-order valence-electron chi connectivity index (χ3n) is 3.66. The molecule has 0 amide bonds. The number of carbonyl (C=O) groups excluding carboxylic acids is 2. The molecule has 0 aliphatic heterocycles. The number of unbranched alkanes of at least 4 members (excludes halogenated alkanes) is 4. The van der Waals surface area contributed by atoms with Crippen LogP contribution in [-0.2, 0) is 19.1 Å². The zero-order chi connectivity index (χ0) is 26.5. The minimum absolute atomic E-state index is 0.0694. The summed E-state index contributed by atoms with van der Waals surface area (Å²) in [5, 5.41) is 8.99. The van der Waals surface area contributed by atoms with Crippen LogP contribution in [0.5, 0.6) is 0 Å². The van der Waals surface area contributed by atoms with Crippen molar-refractivity contribution in [3.63, 3.8) is 0 Å². The number of ether oxygens (including phenoxy) is 2. The fraction of sp³-hybridized carbons (Fsp3) is 0.684. The van der Waals surface area contributed by atoms with Gasteiger partial charge in [-0.2, -0.15) is 0 Å². The second kappa shape index (κ2) is 11.0. The minimum atomic E-state index is -3.10. The molecule has 0 saturated carbocycles. The standard InChI is InChI=1S/C19H30O5/c1-14-15(12-10-8-6-4-5-7-9-11-13-20)17(22)19(24-3)18(23-2)16(14)21/h20H,4-13H2,1-3H3/i1D3,2D3,9D2,11D2. The van der Waals surface area contributed by atoms with Gasteiger partial charge in [-0.05, 0) is 26.1 Å². The van der Waals surface area contributed by atoms with Crippen LogP contribution in [-0.4, -0.2) is 37.4 Å². The van der Waals surface area contributed by atoms with Gasteiger partial charge in [-0.3, -0.25) is 9.59 Å². The van der Waals surface area contributed by atoms with E-state index >= 15 is 0 Å². The number of aliphatic hydroxyl groups is 1. The van der Waals surface area contributed by atoms with Crippen LogP contribution >= 0.6 is 0 Å². The summed E-state index contributed by atoms with van der Waals surface area (Å²) in [4.78, 5) is 25.6. The molecule has 0 aromatic carbocycles. The van der Waals surface area contributed by atoms with E-state index in [0.29, 0.717) is 32.1 Å². The summed E-state index contributed by atoms with van der Waals surface area (Å²) in [7, 11) is -2.06. The molecule has 0 atom stereocenters. The van der Waals surface area contributed by atoms with Gasteiger partial charge in [-0.15, -0.1) is 0 Å². The van der Waals surface area contributed by atoms with Crippen molar-refractivity contribution in [1.29, 1.82) is 0 Å². The van der Waals surface area contributed by atoms with E-state index in [0.717, 1.165) is 7.11 Å². The minimum Gasteiger partial charge on any atom is -0.489 e. The van der Waals surface area contributed by atoms with Gasteiger partial charge in [0.25, 0.3) is 0 Å². The number of Topliss-reactive ketones (excluding diaryl/α,β-unsaturated/α-hetero) is 2. The molecule has 0 bridgehead atoms. The number of allylic oxidation sites excluding steroid dienone is 2. The van der Waals surface area contributed by atoms with E-state index in [9.17, 15) is 9.59 Å². The lowest BCUT2D eigenvalue weighted by molar-refractivity contribution is -0.121. The maximum absolute atomic E-state index is 12.9. The van der Waals surface area contributed by atoms with Crippen LogP contribution in [0.4, 0.5) is 0 Å². The number of aliphatic hydroxyl groups excluding tert-OH is 1. The Bertz CT molecular complexity index is 824. The lowest BCUT2D eigenvalue weighted by atomic mass is 9.89. The molecule has 0 heterocycles. The molecule has 0 spiro atoms. The van der Waals surface area contributed by atoms with Crippen molar-refractivity contribution in [3.05, 3.63) is 22.7 Å². The lowest BCUT2D eigenvalue weighted by Crippen LogP contribution is -2.25. The predicted molar refractivity (Wildman–Crippen MR) is 92.4 cm³/mol. The van der Waals surface area contributed by atoms with Crippen molar-refractivity contribution in [2.75, 3.05) is 20.8 Å². The van der Waals surface area contributed by atoms with E-state index in [2.05, 4.69) is 4.74 Å². The zero-order valence-electron chi connectivity index (χ0n) is 23.7. The number of methoxy groups -OCH3 is 2. The molecular weight excluding hydrogens is 308 g/mol. The van der Waals surface area contributed by atoms with Crippen molar-refractivity contribution in [2.24, 2.45) is 0 Å². The predicted octanol–water partition coefficient (Wildman–Crippen LogP) is 3.46. The quantitative estimate of drug-likeness (QED) is 0.432. The van der Waals surface area contributed by atoms with Crippen LogP contribution in [0.25, 0.3) is 0 Å². The largest absolute Gasteiger partial charge is 0.489 e. The third kappa shape index (κ3) is 5.48. The van der Waals surface area contributed by atoms with Gasteiger partial charge in [0.05, 0.1) is 18.3 Å². The van der Waals surface area contributed by atoms with Crippen molar-refractivity contribution >= 4 is 11.6 Å². The Labute approximate surface area is 158 Å². The van der Waals surface area contributed by atoms with Crippen LogP contribution in [0.2, 0.25) is 0 Å². The molecular formula is C19H30O5.